The fraction of sp³-hybridized carbons (Fsp3) is 0.800. The van der Waals surface area contributed by atoms with E-state index in [-0.39, 0.29) is 11.7 Å². The van der Waals surface area contributed by atoms with Crippen LogP contribution in [0.4, 0.5) is 0 Å². The molecule has 1 N–H and O–H groups in total. The van der Waals surface area contributed by atoms with Gasteiger partial charge in [0.25, 0.3) is 10.1 Å². The molecule has 0 fully saturated rings. The molecule has 4 nitrogen and oxygen atoms in total. The van der Waals surface area contributed by atoms with Gasteiger partial charge in [-0.05, 0) is 26.2 Å². The third-order valence-electron chi connectivity index (χ3n) is 1.91. The Kier molecular flexibility index (Phi) is 7.39. The second-order valence-corrected chi connectivity index (χ2v) is 4.83. The van der Waals surface area contributed by atoms with Crippen molar-refractivity contribution in [2.24, 2.45) is 5.92 Å². The van der Waals surface area contributed by atoms with Gasteiger partial charge in [-0.25, -0.2) is 0 Å². The lowest BCUT2D eigenvalue weighted by atomic mass is 10.1. The minimum atomic E-state index is -3.92. The van der Waals surface area contributed by atoms with Gasteiger partial charge in [0.2, 0.25) is 0 Å². The van der Waals surface area contributed by atoms with Gasteiger partial charge in [-0.15, -0.1) is 5.92 Å². The van der Waals surface area contributed by atoms with Crippen LogP contribution in [0.15, 0.2) is 0 Å². The first-order valence-electron chi connectivity index (χ1n) is 4.86. The van der Waals surface area contributed by atoms with Gasteiger partial charge in [-0.1, -0.05) is 5.92 Å². The second kappa shape index (κ2) is 7.69. The Morgan fingerprint density at radius 1 is 1.40 bits per heavy atom. The lowest BCUT2D eigenvalue weighted by Gasteiger charge is -2.07. The second-order valence-electron chi connectivity index (χ2n) is 3.33. The molecule has 0 aliphatic carbocycles. The van der Waals surface area contributed by atoms with E-state index in [2.05, 4.69) is 11.8 Å². The molecule has 1 unspecified atom stereocenters. The largest absolute Gasteiger partial charge is 0.385 e. The van der Waals surface area contributed by atoms with Crippen LogP contribution in [0, 0.1) is 17.8 Å². The van der Waals surface area contributed by atoms with Crippen LogP contribution in [0.5, 0.6) is 0 Å². The van der Waals surface area contributed by atoms with Crippen molar-refractivity contribution < 1.29 is 17.7 Å². The summed E-state index contributed by atoms with van der Waals surface area (Å²) in [5.41, 5.74) is 0. The van der Waals surface area contributed by atoms with Crippen molar-refractivity contribution in [2.45, 2.75) is 26.2 Å². The monoisotopic (exact) mass is 234 g/mol. The number of hydrogen-bond donors (Lipinski definition) is 1. The van der Waals surface area contributed by atoms with E-state index in [1.54, 1.807) is 14.0 Å². The van der Waals surface area contributed by atoms with Gasteiger partial charge in [-0.2, -0.15) is 8.42 Å². The van der Waals surface area contributed by atoms with Crippen LogP contribution in [0.1, 0.15) is 26.2 Å². The average Bonchev–Trinajstić information content (AvgIpc) is 2.10. The molecule has 0 saturated carbocycles. The molecular formula is C10H18O4S. The summed E-state index contributed by atoms with van der Waals surface area (Å²) in [7, 11) is -2.30. The summed E-state index contributed by atoms with van der Waals surface area (Å²) in [6, 6.07) is 0. The van der Waals surface area contributed by atoms with Gasteiger partial charge in [0.1, 0.15) is 0 Å². The smallest absolute Gasteiger partial charge is 0.266 e. The Bertz CT molecular complexity index is 310. The highest BCUT2D eigenvalue weighted by Gasteiger charge is 2.14. The van der Waals surface area contributed by atoms with E-state index < -0.39 is 10.1 Å². The zero-order chi connectivity index (χ0) is 11.7. The van der Waals surface area contributed by atoms with Crippen LogP contribution in [0.25, 0.3) is 0 Å². The van der Waals surface area contributed by atoms with Crippen LogP contribution in [0.3, 0.4) is 0 Å². The molecule has 0 aliphatic heterocycles. The first-order chi connectivity index (χ1) is 6.99. The highest BCUT2D eigenvalue weighted by atomic mass is 32.2. The van der Waals surface area contributed by atoms with Crippen LogP contribution in [0.2, 0.25) is 0 Å². The van der Waals surface area contributed by atoms with E-state index in [0.29, 0.717) is 13.0 Å². The van der Waals surface area contributed by atoms with E-state index in [0.717, 1.165) is 12.8 Å². The molecule has 0 saturated heterocycles. The van der Waals surface area contributed by atoms with Crippen molar-refractivity contribution in [3.8, 4) is 11.8 Å². The Hall–Kier alpha value is -0.570. The van der Waals surface area contributed by atoms with Crippen molar-refractivity contribution in [3.63, 3.8) is 0 Å². The van der Waals surface area contributed by atoms with Crippen molar-refractivity contribution in [2.75, 3.05) is 19.5 Å². The molecule has 0 aliphatic rings. The molecular weight excluding hydrogens is 216 g/mol. The minimum absolute atomic E-state index is 0.276. The van der Waals surface area contributed by atoms with Crippen molar-refractivity contribution in [1.82, 2.24) is 0 Å². The highest BCUT2D eigenvalue weighted by Crippen LogP contribution is 2.10. The first kappa shape index (κ1) is 14.4. The summed E-state index contributed by atoms with van der Waals surface area (Å²) in [5.74, 6) is 4.91. The van der Waals surface area contributed by atoms with Gasteiger partial charge in [0, 0.05) is 19.6 Å². The quantitative estimate of drug-likeness (QED) is 0.410. The minimum Gasteiger partial charge on any atom is -0.385 e. The van der Waals surface area contributed by atoms with Crippen LogP contribution < -0.4 is 0 Å². The molecule has 88 valence electrons. The molecule has 0 rings (SSSR count). The molecule has 0 heterocycles. The Morgan fingerprint density at radius 2 is 2.07 bits per heavy atom. The summed E-state index contributed by atoms with van der Waals surface area (Å²) in [6.45, 7) is 2.32. The number of ether oxygens (including phenoxy) is 1. The number of hydrogen-bond acceptors (Lipinski definition) is 3. The predicted molar refractivity (Wildman–Crippen MR) is 59.1 cm³/mol. The fourth-order valence-electron chi connectivity index (χ4n) is 1.29. The van der Waals surface area contributed by atoms with Gasteiger partial charge in [0.05, 0.1) is 5.75 Å². The average molecular weight is 234 g/mol. The summed E-state index contributed by atoms with van der Waals surface area (Å²) in [4.78, 5) is 0. The predicted octanol–water partition coefficient (Wildman–Crippen LogP) is 1.33. The maximum atomic E-state index is 10.7. The molecule has 0 aromatic heterocycles. The Labute approximate surface area is 91.8 Å². The normalized spacial score (nSPS) is 13.0. The Balaban J connectivity index is 3.99. The number of rotatable bonds is 7. The van der Waals surface area contributed by atoms with Crippen molar-refractivity contribution >= 4 is 10.1 Å². The van der Waals surface area contributed by atoms with Crippen molar-refractivity contribution in [1.29, 1.82) is 0 Å². The molecule has 5 heteroatoms. The lowest BCUT2D eigenvalue weighted by Crippen LogP contribution is -2.14. The molecule has 15 heavy (non-hydrogen) atoms. The maximum Gasteiger partial charge on any atom is 0.266 e. The van der Waals surface area contributed by atoms with Crippen LogP contribution in [-0.4, -0.2) is 32.4 Å². The Morgan fingerprint density at radius 3 is 2.53 bits per heavy atom. The molecule has 0 amide bonds. The summed E-state index contributed by atoms with van der Waals surface area (Å²) in [6.07, 6.45) is 2.40. The molecule has 0 spiro atoms. The third kappa shape index (κ3) is 9.73. The third-order valence-corrected chi connectivity index (χ3v) is 2.73. The zero-order valence-electron chi connectivity index (χ0n) is 9.19. The van der Waals surface area contributed by atoms with E-state index >= 15 is 0 Å². The summed E-state index contributed by atoms with van der Waals surface area (Å²) in [5, 5.41) is 0. The van der Waals surface area contributed by atoms with Crippen molar-refractivity contribution in [3.05, 3.63) is 0 Å². The molecule has 0 bridgehead atoms. The fourth-order valence-corrected chi connectivity index (χ4v) is 2.05. The topological polar surface area (TPSA) is 63.6 Å². The SMILES string of the molecule is CC#CC(CCCCOC)CS(=O)(=O)O. The number of methoxy groups -OCH3 is 1. The van der Waals surface area contributed by atoms with E-state index in [1.807, 2.05) is 0 Å². The van der Waals surface area contributed by atoms with E-state index in [1.165, 1.54) is 0 Å². The van der Waals surface area contributed by atoms with E-state index in [4.69, 9.17) is 9.29 Å². The highest BCUT2D eigenvalue weighted by molar-refractivity contribution is 7.85. The molecule has 0 radical (unpaired) electrons. The first-order valence-corrected chi connectivity index (χ1v) is 6.47. The van der Waals surface area contributed by atoms with Crippen LogP contribution >= 0.6 is 0 Å². The lowest BCUT2D eigenvalue weighted by molar-refractivity contribution is 0.191. The summed E-state index contributed by atoms with van der Waals surface area (Å²) >= 11 is 0. The van der Waals surface area contributed by atoms with E-state index in [9.17, 15) is 8.42 Å². The maximum absolute atomic E-state index is 10.7. The molecule has 1 atom stereocenters. The molecule has 0 aromatic rings. The summed E-state index contributed by atoms with van der Waals surface area (Å²) < 4.78 is 34.9. The zero-order valence-corrected chi connectivity index (χ0v) is 10.0. The standard InChI is InChI=1S/C10H18O4S/c1-3-6-10(9-15(11,12)13)7-4-5-8-14-2/h10H,4-5,7-9H2,1-2H3,(H,11,12,13). The molecule has 0 aromatic carbocycles. The van der Waals surface area contributed by atoms with Gasteiger partial charge < -0.3 is 4.74 Å². The number of unbranched alkanes of at least 4 members (excludes halogenated alkanes) is 1. The van der Waals surface area contributed by atoms with Crippen LogP contribution in [-0.2, 0) is 14.9 Å². The van der Waals surface area contributed by atoms with Gasteiger partial charge >= 0.3 is 0 Å². The van der Waals surface area contributed by atoms with Gasteiger partial charge in [0.15, 0.2) is 0 Å². The van der Waals surface area contributed by atoms with Gasteiger partial charge in [-0.3, -0.25) is 4.55 Å².